The third-order valence-electron chi connectivity index (χ3n) is 3.22. The molecule has 0 aromatic heterocycles. The van der Waals surface area contributed by atoms with E-state index in [-0.39, 0.29) is 5.97 Å². The average Bonchev–Trinajstić information content (AvgIpc) is 2.44. The molecule has 0 heterocycles. The summed E-state index contributed by atoms with van der Waals surface area (Å²) in [5.74, 6) is -0.301. The fourth-order valence-electron chi connectivity index (χ4n) is 1.95. The third kappa shape index (κ3) is 6.57. The van der Waals surface area contributed by atoms with Crippen LogP contribution in [-0.2, 0) is 4.74 Å². The molecule has 4 heteroatoms. The molecule has 0 aliphatic heterocycles. The number of nitrogens with two attached hydrogens (primary N) is 1. The number of nitrogen functional groups attached to an aromatic ring is 1. The van der Waals surface area contributed by atoms with Gasteiger partial charge in [0.2, 0.25) is 0 Å². The number of carbonyl (C=O) groups excluding carboxylic acids is 1. The smallest absolute Gasteiger partial charge is 0.338 e. The summed E-state index contributed by atoms with van der Waals surface area (Å²) in [4.78, 5) is 11.7. The quantitative estimate of drug-likeness (QED) is 0.414. The van der Waals surface area contributed by atoms with Crippen LogP contribution >= 0.6 is 0 Å². The summed E-state index contributed by atoms with van der Waals surface area (Å²) < 4.78 is 5.20. The fraction of sp³-hybridized carbons (Fsp3) is 0.562. The van der Waals surface area contributed by atoms with E-state index >= 15 is 0 Å². The number of ether oxygens (including phenoxy) is 1. The Morgan fingerprint density at radius 3 is 2.65 bits per heavy atom. The van der Waals surface area contributed by atoms with E-state index < -0.39 is 0 Å². The summed E-state index contributed by atoms with van der Waals surface area (Å²) in [5.41, 5.74) is 6.75. The fourth-order valence-corrected chi connectivity index (χ4v) is 1.95. The molecule has 0 radical (unpaired) electrons. The molecule has 0 saturated carbocycles. The lowest BCUT2D eigenvalue weighted by Gasteiger charge is -2.13. The molecule has 112 valence electrons. The average molecular weight is 278 g/mol. The Labute approximate surface area is 121 Å². The van der Waals surface area contributed by atoms with Crippen LogP contribution in [0.4, 0.5) is 5.69 Å². The Morgan fingerprint density at radius 1 is 1.30 bits per heavy atom. The molecular weight excluding hydrogens is 252 g/mol. The minimum absolute atomic E-state index is 0.301. The second-order valence-electron chi connectivity index (χ2n) is 5.11. The van der Waals surface area contributed by atoms with E-state index in [1.165, 1.54) is 25.7 Å². The zero-order valence-corrected chi connectivity index (χ0v) is 12.5. The highest BCUT2D eigenvalue weighted by molar-refractivity contribution is 5.89. The van der Waals surface area contributed by atoms with E-state index in [0.29, 0.717) is 30.4 Å². The van der Waals surface area contributed by atoms with Crippen LogP contribution in [0.5, 0.6) is 0 Å². The second kappa shape index (κ2) is 9.37. The lowest BCUT2D eigenvalue weighted by Crippen LogP contribution is -2.30. The molecule has 0 spiro atoms. The third-order valence-corrected chi connectivity index (χ3v) is 3.22. The maximum Gasteiger partial charge on any atom is 0.338 e. The van der Waals surface area contributed by atoms with Crippen LogP contribution < -0.4 is 11.1 Å². The van der Waals surface area contributed by atoms with Crippen molar-refractivity contribution in [2.24, 2.45) is 0 Å². The molecule has 4 nitrogen and oxygen atoms in total. The molecule has 20 heavy (non-hydrogen) atoms. The first-order chi connectivity index (χ1) is 9.63. The van der Waals surface area contributed by atoms with Crippen LogP contribution in [0.1, 0.15) is 49.9 Å². The van der Waals surface area contributed by atoms with Gasteiger partial charge in [-0.3, -0.25) is 0 Å². The Bertz CT molecular complexity index is 390. The summed E-state index contributed by atoms with van der Waals surface area (Å²) >= 11 is 0. The predicted octanol–water partition coefficient (Wildman–Crippen LogP) is 2.98. The van der Waals surface area contributed by atoms with Gasteiger partial charge in [-0.05, 0) is 37.6 Å². The van der Waals surface area contributed by atoms with Crippen molar-refractivity contribution in [1.82, 2.24) is 5.32 Å². The number of hydrogen-bond acceptors (Lipinski definition) is 4. The standard InChI is InChI=1S/C16H26N2O2/c1-3-4-5-6-13(2)18-11-12-20-16(19)14-7-9-15(17)10-8-14/h7-10,13,18H,3-6,11-12,17H2,1-2H3/t13-/m1/s1. The van der Waals surface area contributed by atoms with Crippen molar-refractivity contribution in [1.29, 1.82) is 0 Å². The van der Waals surface area contributed by atoms with Gasteiger partial charge in [-0.15, -0.1) is 0 Å². The molecule has 0 amide bonds. The number of rotatable bonds is 9. The first kappa shape index (κ1) is 16.5. The van der Waals surface area contributed by atoms with Crippen molar-refractivity contribution in [2.75, 3.05) is 18.9 Å². The van der Waals surface area contributed by atoms with Gasteiger partial charge in [0, 0.05) is 18.3 Å². The zero-order valence-electron chi connectivity index (χ0n) is 12.5. The Morgan fingerprint density at radius 2 is 2.00 bits per heavy atom. The molecular formula is C16H26N2O2. The lowest BCUT2D eigenvalue weighted by atomic mass is 10.1. The van der Waals surface area contributed by atoms with Gasteiger partial charge >= 0.3 is 5.97 Å². The molecule has 0 aliphatic carbocycles. The summed E-state index contributed by atoms with van der Waals surface area (Å²) in [6.45, 7) is 5.45. The van der Waals surface area contributed by atoms with Crippen LogP contribution in [0.3, 0.4) is 0 Å². The minimum Gasteiger partial charge on any atom is -0.461 e. The van der Waals surface area contributed by atoms with Crippen molar-refractivity contribution in [2.45, 2.75) is 45.6 Å². The first-order valence-electron chi connectivity index (χ1n) is 7.39. The van der Waals surface area contributed by atoms with E-state index in [9.17, 15) is 4.79 Å². The van der Waals surface area contributed by atoms with Gasteiger partial charge in [-0.25, -0.2) is 4.79 Å². The number of nitrogens with one attached hydrogen (secondary N) is 1. The molecule has 0 aliphatic rings. The number of carbonyl (C=O) groups is 1. The monoisotopic (exact) mass is 278 g/mol. The van der Waals surface area contributed by atoms with Gasteiger partial charge in [0.05, 0.1) is 5.56 Å². The number of benzene rings is 1. The van der Waals surface area contributed by atoms with E-state index in [1.54, 1.807) is 24.3 Å². The normalized spacial score (nSPS) is 12.1. The topological polar surface area (TPSA) is 64.3 Å². The Balaban J connectivity index is 2.14. The van der Waals surface area contributed by atoms with Crippen LogP contribution in [0.2, 0.25) is 0 Å². The van der Waals surface area contributed by atoms with Gasteiger partial charge in [-0.1, -0.05) is 26.2 Å². The van der Waals surface area contributed by atoms with Crippen molar-refractivity contribution >= 4 is 11.7 Å². The Kier molecular flexibility index (Phi) is 7.73. The van der Waals surface area contributed by atoms with E-state index in [2.05, 4.69) is 19.2 Å². The molecule has 3 N–H and O–H groups in total. The Hall–Kier alpha value is -1.55. The van der Waals surface area contributed by atoms with E-state index in [1.807, 2.05) is 0 Å². The van der Waals surface area contributed by atoms with Gasteiger partial charge < -0.3 is 15.8 Å². The van der Waals surface area contributed by atoms with Crippen molar-refractivity contribution < 1.29 is 9.53 Å². The van der Waals surface area contributed by atoms with E-state index in [0.717, 1.165) is 0 Å². The summed E-state index contributed by atoms with van der Waals surface area (Å²) in [7, 11) is 0. The number of esters is 1. The van der Waals surface area contributed by atoms with Crippen LogP contribution in [0.25, 0.3) is 0 Å². The lowest BCUT2D eigenvalue weighted by molar-refractivity contribution is 0.0506. The van der Waals surface area contributed by atoms with Crippen LogP contribution in [0, 0.1) is 0 Å². The molecule has 0 fully saturated rings. The first-order valence-corrected chi connectivity index (χ1v) is 7.39. The highest BCUT2D eigenvalue weighted by atomic mass is 16.5. The molecule has 1 rings (SSSR count). The highest BCUT2D eigenvalue weighted by Crippen LogP contribution is 2.06. The van der Waals surface area contributed by atoms with Gasteiger partial charge in [0.25, 0.3) is 0 Å². The number of anilines is 1. The predicted molar refractivity (Wildman–Crippen MR) is 82.7 cm³/mol. The SMILES string of the molecule is CCCCC[C@@H](C)NCCOC(=O)c1ccc(N)cc1. The maximum absolute atomic E-state index is 11.7. The van der Waals surface area contributed by atoms with Crippen molar-refractivity contribution in [3.8, 4) is 0 Å². The largest absolute Gasteiger partial charge is 0.461 e. The minimum atomic E-state index is -0.301. The maximum atomic E-state index is 11.7. The second-order valence-corrected chi connectivity index (χ2v) is 5.11. The van der Waals surface area contributed by atoms with Gasteiger partial charge in [0.15, 0.2) is 0 Å². The van der Waals surface area contributed by atoms with E-state index in [4.69, 9.17) is 10.5 Å². The summed E-state index contributed by atoms with van der Waals surface area (Å²) in [6.07, 6.45) is 4.93. The number of hydrogen-bond donors (Lipinski definition) is 2. The molecule has 1 aromatic rings. The highest BCUT2D eigenvalue weighted by Gasteiger charge is 2.06. The zero-order chi connectivity index (χ0) is 14.8. The summed E-state index contributed by atoms with van der Waals surface area (Å²) in [5, 5.41) is 3.36. The molecule has 1 aromatic carbocycles. The van der Waals surface area contributed by atoms with Gasteiger partial charge in [0.1, 0.15) is 6.61 Å². The summed E-state index contributed by atoms with van der Waals surface area (Å²) in [6, 6.07) is 7.23. The molecule has 0 unspecified atom stereocenters. The molecule has 1 atom stereocenters. The number of unbranched alkanes of at least 4 members (excludes halogenated alkanes) is 2. The molecule has 0 bridgehead atoms. The van der Waals surface area contributed by atoms with Crippen molar-refractivity contribution in [3.05, 3.63) is 29.8 Å². The van der Waals surface area contributed by atoms with Gasteiger partial charge in [-0.2, -0.15) is 0 Å². The van der Waals surface area contributed by atoms with Crippen molar-refractivity contribution in [3.63, 3.8) is 0 Å². The molecule has 0 saturated heterocycles. The van der Waals surface area contributed by atoms with Crippen LogP contribution in [0.15, 0.2) is 24.3 Å². The van der Waals surface area contributed by atoms with Crippen LogP contribution in [-0.4, -0.2) is 25.2 Å².